The van der Waals surface area contributed by atoms with Crippen molar-refractivity contribution in [3.63, 3.8) is 0 Å². The molecule has 0 radical (unpaired) electrons. The molecule has 0 heterocycles. The molecule has 3 N–H and O–H groups in total. The standard InChI is InChI=1S/C25H28N2O4S/c1-18(2)24(28)27-22-13-15-23(16-14-22)32(30,31)26-17-25(3,29)21-11-9-20(10-12-21)19-7-5-4-6-8-19/h4-16,18,26,29H,17H2,1-3H3,(H,27,28). The van der Waals surface area contributed by atoms with Crippen LogP contribution >= 0.6 is 0 Å². The summed E-state index contributed by atoms with van der Waals surface area (Å²) < 4.78 is 27.8. The molecule has 6 nitrogen and oxygen atoms in total. The third kappa shape index (κ3) is 5.82. The molecular weight excluding hydrogens is 424 g/mol. The van der Waals surface area contributed by atoms with Gasteiger partial charge in [-0.25, -0.2) is 13.1 Å². The third-order valence-corrected chi connectivity index (χ3v) is 6.59. The van der Waals surface area contributed by atoms with Crippen molar-refractivity contribution >= 4 is 21.6 Å². The van der Waals surface area contributed by atoms with Crippen molar-refractivity contribution in [1.29, 1.82) is 0 Å². The molecule has 0 aliphatic carbocycles. The van der Waals surface area contributed by atoms with Gasteiger partial charge in [0.05, 0.1) is 4.90 Å². The van der Waals surface area contributed by atoms with E-state index in [0.29, 0.717) is 11.3 Å². The number of hydrogen-bond donors (Lipinski definition) is 3. The number of nitrogens with one attached hydrogen (secondary N) is 2. The second-order valence-corrected chi connectivity index (χ2v) is 9.98. The van der Waals surface area contributed by atoms with Crippen molar-refractivity contribution in [2.24, 2.45) is 5.92 Å². The highest BCUT2D eigenvalue weighted by atomic mass is 32.2. The zero-order valence-electron chi connectivity index (χ0n) is 18.4. The molecule has 0 fully saturated rings. The molecule has 32 heavy (non-hydrogen) atoms. The predicted octanol–water partition coefficient (Wildman–Crippen LogP) is 4.13. The number of aliphatic hydroxyl groups is 1. The molecule has 3 aromatic carbocycles. The number of rotatable bonds is 8. The van der Waals surface area contributed by atoms with Gasteiger partial charge in [-0.05, 0) is 47.9 Å². The molecule has 3 rings (SSSR count). The van der Waals surface area contributed by atoms with Crippen molar-refractivity contribution in [2.75, 3.05) is 11.9 Å². The van der Waals surface area contributed by atoms with Gasteiger partial charge in [0, 0.05) is 18.2 Å². The Morgan fingerprint density at radius 1 is 0.906 bits per heavy atom. The highest BCUT2D eigenvalue weighted by Gasteiger charge is 2.26. The molecule has 0 saturated carbocycles. The van der Waals surface area contributed by atoms with Gasteiger partial charge in [-0.3, -0.25) is 4.79 Å². The van der Waals surface area contributed by atoms with Gasteiger partial charge in [0.25, 0.3) is 0 Å². The molecule has 1 unspecified atom stereocenters. The Balaban J connectivity index is 1.67. The van der Waals surface area contributed by atoms with Crippen LogP contribution in [0.3, 0.4) is 0 Å². The van der Waals surface area contributed by atoms with E-state index in [9.17, 15) is 18.3 Å². The summed E-state index contributed by atoms with van der Waals surface area (Å²) in [5, 5.41) is 13.6. The second kappa shape index (κ2) is 9.65. The van der Waals surface area contributed by atoms with Crippen LogP contribution in [0.2, 0.25) is 0 Å². The van der Waals surface area contributed by atoms with Crippen LogP contribution in [0.4, 0.5) is 5.69 Å². The van der Waals surface area contributed by atoms with Gasteiger partial charge in [-0.15, -0.1) is 0 Å². The summed E-state index contributed by atoms with van der Waals surface area (Å²) in [7, 11) is -3.84. The Kier molecular flexibility index (Phi) is 7.13. The van der Waals surface area contributed by atoms with E-state index in [4.69, 9.17) is 0 Å². The highest BCUT2D eigenvalue weighted by molar-refractivity contribution is 7.89. The molecule has 168 valence electrons. The minimum Gasteiger partial charge on any atom is -0.384 e. The molecule has 0 bridgehead atoms. The lowest BCUT2D eigenvalue weighted by molar-refractivity contribution is -0.118. The van der Waals surface area contributed by atoms with Crippen LogP contribution in [0.1, 0.15) is 26.3 Å². The molecule has 1 amide bonds. The third-order valence-electron chi connectivity index (χ3n) is 5.18. The lowest BCUT2D eigenvalue weighted by Gasteiger charge is -2.24. The highest BCUT2D eigenvalue weighted by Crippen LogP contribution is 2.25. The van der Waals surface area contributed by atoms with Gasteiger partial charge in [-0.1, -0.05) is 68.4 Å². The average molecular weight is 453 g/mol. The predicted molar refractivity (Wildman–Crippen MR) is 127 cm³/mol. The summed E-state index contributed by atoms with van der Waals surface area (Å²) >= 11 is 0. The van der Waals surface area contributed by atoms with Crippen molar-refractivity contribution in [3.8, 4) is 11.1 Å². The van der Waals surface area contributed by atoms with Crippen LogP contribution in [0.25, 0.3) is 11.1 Å². The quantitative estimate of drug-likeness (QED) is 0.479. The largest absolute Gasteiger partial charge is 0.384 e. The molecule has 7 heteroatoms. The Labute approximate surface area is 189 Å². The number of carbonyl (C=O) groups is 1. The van der Waals surface area contributed by atoms with E-state index in [-0.39, 0.29) is 23.3 Å². The summed E-state index contributed by atoms with van der Waals surface area (Å²) in [5.41, 5.74) is 1.80. The zero-order valence-corrected chi connectivity index (χ0v) is 19.2. The summed E-state index contributed by atoms with van der Waals surface area (Å²) in [6.07, 6.45) is 0. The molecule has 1 atom stereocenters. The fourth-order valence-corrected chi connectivity index (χ4v) is 4.21. The van der Waals surface area contributed by atoms with Crippen LogP contribution in [0.15, 0.2) is 83.8 Å². The van der Waals surface area contributed by atoms with Crippen molar-refractivity contribution in [1.82, 2.24) is 4.72 Å². The molecule has 3 aromatic rings. The molecule has 0 saturated heterocycles. The van der Waals surface area contributed by atoms with E-state index >= 15 is 0 Å². The fourth-order valence-electron chi connectivity index (χ4n) is 3.08. The lowest BCUT2D eigenvalue weighted by atomic mass is 9.94. The van der Waals surface area contributed by atoms with E-state index in [1.807, 2.05) is 42.5 Å². The number of sulfonamides is 1. The average Bonchev–Trinajstić information content (AvgIpc) is 2.79. The zero-order chi connectivity index (χ0) is 23.4. The van der Waals surface area contributed by atoms with Gasteiger partial charge < -0.3 is 10.4 Å². The summed E-state index contributed by atoms with van der Waals surface area (Å²) in [6.45, 7) is 4.93. The van der Waals surface area contributed by atoms with Gasteiger partial charge in [0.15, 0.2) is 0 Å². The summed E-state index contributed by atoms with van der Waals surface area (Å²) in [6, 6.07) is 23.2. The van der Waals surface area contributed by atoms with Crippen LogP contribution in [0, 0.1) is 5.92 Å². The fraction of sp³-hybridized carbons (Fsp3) is 0.240. The number of anilines is 1. The maximum Gasteiger partial charge on any atom is 0.240 e. The van der Waals surface area contributed by atoms with Crippen LogP contribution in [0.5, 0.6) is 0 Å². The van der Waals surface area contributed by atoms with E-state index in [1.54, 1.807) is 32.9 Å². The first-order chi connectivity index (χ1) is 15.1. The summed E-state index contributed by atoms with van der Waals surface area (Å²) in [5.74, 6) is -0.322. The number of benzene rings is 3. The summed E-state index contributed by atoms with van der Waals surface area (Å²) in [4.78, 5) is 11.8. The van der Waals surface area contributed by atoms with Crippen molar-refractivity contribution < 1.29 is 18.3 Å². The topological polar surface area (TPSA) is 95.5 Å². The first-order valence-electron chi connectivity index (χ1n) is 10.4. The minimum absolute atomic E-state index is 0.0512. The maximum atomic E-state index is 12.7. The van der Waals surface area contributed by atoms with E-state index in [1.165, 1.54) is 24.3 Å². The number of amides is 1. The molecular formula is C25H28N2O4S. The molecule has 0 aromatic heterocycles. The van der Waals surface area contributed by atoms with Crippen molar-refractivity contribution in [2.45, 2.75) is 31.3 Å². The van der Waals surface area contributed by atoms with Crippen LogP contribution in [-0.2, 0) is 20.4 Å². The molecule has 0 aliphatic rings. The second-order valence-electron chi connectivity index (χ2n) is 8.21. The normalized spacial score (nSPS) is 13.5. The van der Waals surface area contributed by atoms with Gasteiger partial charge >= 0.3 is 0 Å². The Morgan fingerprint density at radius 3 is 2.03 bits per heavy atom. The van der Waals surface area contributed by atoms with Crippen molar-refractivity contribution in [3.05, 3.63) is 84.4 Å². The monoisotopic (exact) mass is 452 g/mol. The molecule has 0 spiro atoms. The van der Waals surface area contributed by atoms with Gasteiger partial charge in [-0.2, -0.15) is 0 Å². The minimum atomic E-state index is -3.84. The first-order valence-corrected chi connectivity index (χ1v) is 11.9. The van der Waals surface area contributed by atoms with Crippen LogP contribution < -0.4 is 10.0 Å². The SMILES string of the molecule is CC(C)C(=O)Nc1ccc(S(=O)(=O)NCC(C)(O)c2ccc(-c3ccccc3)cc2)cc1. The van der Waals surface area contributed by atoms with E-state index in [0.717, 1.165) is 11.1 Å². The first kappa shape index (κ1) is 23.7. The van der Waals surface area contributed by atoms with E-state index < -0.39 is 15.6 Å². The van der Waals surface area contributed by atoms with Gasteiger partial charge in [0.2, 0.25) is 15.9 Å². The Bertz CT molecular complexity index is 1150. The maximum absolute atomic E-state index is 12.7. The number of carbonyl (C=O) groups excluding carboxylic acids is 1. The van der Waals surface area contributed by atoms with Gasteiger partial charge in [0.1, 0.15) is 5.60 Å². The number of hydrogen-bond acceptors (Lipinski definition) is 4. The Hall–Kier alpha value is -3.00. The smallest absolute Gasteiger partial charge is 0.240 e. The van der Waals surface area contributed by atoms with Crippen LogP contribution in [-0.4, -0.2) is 26.0 Å². The van der Waals surface area contributed by atoms with E-state index in [2.05, 4.69) is 10.0 Å². The lowest BCUT2D eigenvalue weighted by Crippen LogP contribution is -2.38. The Morgan fingerprint density at radius 2 is 1.47 bits per heavy atom. The molecule has 0 aliphatic heterocycles.